The number of benzene rings is 1. The number of hydrogen-bond donors (Lipinski definition) is 1. The van der Waals surface area contributed by atoms with Gasteiger partial charge in [0.2, 0.25) is 5.89 Å². The lowest BCUT2D eigenvalue weighted by atomic mass is 9.90. The second-order valence-electron chi connectivity index (χ2n) is 5.44. The summed E-state index contributed by atoms with van der Waals surface area (Å²) in [5.41, 5.74) is 9.93. The van der Waals surface area contributed by atoms with Gasteiger partial charge in [0.15, 0.2) is 0 Å². The highest BCUT2D eigenvalue weighted by Gasteiger charge is 2.23. The fourth-order valence-corrected chi connectivity index (χ4v) is 1.78. The molecular weight excluding hydrogens is 224 g/mol. The summed E-state index contributed by atoms with van der Waals surface area (Å²) in [6, 6.07) is 6.27. The van der Waals surface area contributed by atoms with E-state index in [-0.39, 0.29) is 5.41 Å². The Bertz CT molecular complexity index is 555. The van der Waals surface area contributed by atoms with Crippen molar-refractivity contribution in [3.05, 3.63) is 41.3 Å². The Morgan fingerprint density at radius 1 is 1.28 bits per heavy atom. The van der Waals surface area contributed by atoms with Gasteiger partial charge >= 0.3 is 0 Å². The molecule has 2 rings (SSSR count). The summed E-state index contributed by atoms with van der Waals surface area (Å²) in [6.45, 7) is 8.81. The van der Waals surface area contributed by atoms with Crippen molar-refractivity contribution >= 4 is 0 Å². The van der Waals surface area contributed by atoms with Gasteiger partial charge in [-0.05, 0) is 25.5 Å². The van der Waals surface area contributed by atoms with Crippen molar-refractivity contribution in [1.29, 1.82) is 0 Å². The van der Waals surface area contributed by atoms with Gasteiger partial charge in [-0.1, -0.05) is 31.5 Å². The Kier molecular flexibility index (Phi) is 3.26. The molecule has 2 N–H and O–H groups in total. The first-order valence-electron chi connectivity index (χ1n) is 6.18. The number of oxazole rings is 1. The maximum atomic E-state index is 5.76. The molecule has 1 heterocycles. The molecule has 2 aromatic rings. The third-order valence-electron chi connectivity index (χ3n) is 3.33. The van der Waals surface area contributed by atoms with Crippen LogP contribution >= 0.6 is 0 Å². The van der Waals surface area contributed by atoms with Crippen LogP contribution in [0.2, 0.25) is 0 Å². The molecule has 0 atom stereocenters. The SMILES string of the molecule is Cc1ccc(C)c(-c2nc(C(C)(C)CN)co2)c1. The molecule has 0 aliphatic carbocycles. The van der Waals surface area contributed by atoms with Crippen LogP contribution in [0.15, 0.2) is 28.9 Å². The van der Waals surface area contributed by atoms with Crippen LogP contribution in [-0.4, -0.2) is 11.5 Å². The number of nitrogens with two attached hydrogens (primary N) is 1. The number of hydrogen-bond acceptors (Lipinski definition) is 3. The molecule has 0 fully saturated rings. The van der Waals surface area contributed by atoms with E-state index in [2.05, 4.69) is 50.9 Å². The van der Waals surface area contributed by atoms with Crippen LogP contribution < -0.4 is 5.73 Å². The molecule has 0 aliphatic heterocycles. The number of aryl methyl sites for hydroxylation is 2. The monoisotopic (exact) mass is 244 g/mol. The van der Waals surface area contributed by atoms with Crippen molar-refractivity contribution in [1.82, 2.24) is 4.98 Å². The van der Waals surface area contributed by atoms with E-state index in [1.807, 2.05) is 0 Å². The zero-order valence-electron chi connectivity index (χ0n) is 11.4. The minimum absolute atomic E-state index is 0.153. The van der Waals surface area contributed by atoms with E-state index in [1.54, 1.807) is 6.26 Å². The van der Waals surface area contributed by atoms with E-state index in [4.69, 9.17) is 10.2 Å². The molecule has 0 unspecified atom stereocenters. The average molecular weight is 244 g/mol. The smallest absolute Gasteiger partial charge is 0.226 e. The largest absolute Gasteiger partial charge is 0.444 e. The summed E-state index contributed by atoms with van der Waals surface area (Å²) in [6.07, 6.45) is 1.71. The molecule has 0 bridgehead atoms. The molecule has 0 saturated heterocycles. The highest BCUT2D eigenvalue weighted by Crippen LogP contribution is 2.28. The van der Waals surface area contributed by atoms with Crippen LogP contribution in [0.5, 0.6) is 0 Å². The molecule has 18 heavy (non-hydrogen) atoms. The fraction of sp³-hybridized carbons (Fsp3) is 0.400. The Morgan fingerprint density at radius 3 is 2.67 bits per heavy atom. The van der Waals surface area contributed by atoms with Crippen LogP contribution in [0, 0.1) is 13.8 Å². The topological polar surface area (TPSA) is 52.0 Å². The molecule has 0 radical (unpaired) electrons. The van der Waals surface area contributed by atoms with Crippen molar-refractivity contribution in [2.75, 3.05) is 6.54 Å². The summed E-state index contributed by atoms with van der Waals surface area (Å²) in [5.74, 6) is 0.674. The molecule has 1 aromatic carbocycles. The van der Waals surface area contributed by atoms with Crippen LogP contribution in [0.25, 0.3) is 11.5 Å². The zero-order valence-corrected chi connectivity index (χ0v) is 11.4. The van der Waals surface area contributed by atoms with Crippen molar-refractivity contribution in [2.24, 2.45) is 5.73 Å². The maximum absolute atomic E-state index is 5.76. The van der Waals surface area contributed by atoms with Crippen LogP contribution in [0.3, 0.4) is 0 Å². The van der Waals surface area contributed by atoms with E-state index >= 15 is 0 Å². The Hall–Kier alpha value is -1.61. The lowest BCUT2D eigenvalue weighted by Gasteiger charge is -2.18. The van der Waals surface area contributed by atoms with E-state index in [0.29, 0.717) is 12.4 Å². The molecule has 3 nitrogen and oxygen atoms in total. The van der Waals surface area contributed by atoms with Gasteiger partial charge < -0.3 is 10.2 Å². The van der Waals surface area contributed by atoms with E-state index < -0.39 is 0 Å². The van der Waals surface area contributed by atoms with Crippen LogP contribution in [-0.2, 0) is 5.41 Å². The molecule has 0 saturated carbocycles. The predicted octanol–water partition coefficient (Wildman–Crippen LogP) is 3.19. The van der Waals surface area contributed by atoms with Gasteiger partial charge in [-0.3, -0.25) is 0 Å². The Labute approximate surface area is 108 Å². The van der Waals surface area contributed by atoms with E-state index in [9.17, 15) is 0 Å². The summed E-state index contributed by atoms with van der Waals surface area (Å²) in [7, 11) is 0. The number of rotatable bonds is 3. The summed E-state index contributed by atoms with van der Waals surface area (Å²) < 4.78 is 5.61. The van der Waals surface area contributed by atoms with Gasteiger partial charge in [0.25, 0.3) is 0 Å². The lowest BCUT2D eigenvalue weighted by Crippen LogP contribution is -2.28. The minimum atomic E-state index is -0.153. The minimum Gasteiger partial charge on any atom is -0.444 e. The maximum Gasteiger partial charge on any atom is 0.226 e. The van der Waals surface area contributed by atoms with Gasteiger partial charge in [0.05, 0.1) is 5.69 Å². The standard InChI is InChI=1S/C15H20N2O/c1-10-5-6-11(2)12(7-10)14-17-13(8-18-14)15(3,4)9-16/h5-8H,9,16H2,1-4H3. The van der Waals surface area contributed by atoms with Gasteiger partial charge in [-0.25, -0.2) is 4.98 Å². The van der Waals surface area contributed by atoms with Crippen LogP contribution in [0.4, 0.5) is 0 Å². The number of aromatic nitrogens is 1. The Balaban J connectivity index is 2.44. The molecule has 0 spiro atoms. The first-order valence-corrected chi connectivity index (χ1v) is 6.18. The lowest BCUT2D eigenvalue weighted by molar-refractivity contribution is 0.512. The normalized spacial score (nSPS) is 11.8. The molecular formula is C15H20N2O. The quantitative estimate of drug-likeness (QED) is 0.902. The predicted molar refractivity (Wildman–Crippen MR) is 73.5 cm³/mol. The fourth-order valence-electron chi connectivity index (χ4n) is 1.78. The third-order valence-corrected chi connectivity index (χ3v) is 3.33. The highest BCUT2D eigenvalue weighted by molar-refractivity contribution is 5.59. The molecule has 96 valence electrons. The molecule has 1 aromatic heterocycles. The van der Waals surface area contributed by atoms with Crippen molar-refractivity contribution in [3.8, 4) is 11.5 Å². The van der Waals surface area contributed by atoms with Gasteiger partial charge in [-0.15, -0.1) is 0 Å². The summed E-state index contributed by atoms with van der Waals surface area (Å²) >= 11 is 0. The second-order valence-corrected chi connectivity index (χ2v) is 5.44. The first kappa shape index (κ1) is 12.8. The third kappa shape index (κ3) is 2.31. The van der Waals surface area contributed by atoms with Gasteiger partial charge in [-0.2, -0.15) is 0 Å². The first-order chi connectivity index (χ1) is 8.44. The molecule has 3 heteroatoms. The van der Waals surface area contributed by atoms with Crippen molar-refractivity contribution < 1.29 is 4.42 Å². The Morgan fingerprint density at radius 2 is 2.00 bits per heavy atom. The van der Waals surface area contributed by atoms with Gasteiger partial charge in [0.1, 0.15) is 6.26 Å². The highest BCUT2D eigenvalue weighted by atomic mass is 16.3. The van der Waals surface area contributed by atoms with Crippen molar-refractivity contribution in [3.63, 3.8) is 0 Å². The van der Waals surface area contributed by atoms with E-state index in [1.165, 1.54) is 11.1 Å². The summed E-state index contributed by atoms with van der Waals surface area (Å²) in [5, 5.41) is 0. The second kappa shape index (κ2) is 4.58. The average Bonchev–Trinajstić information content (AvgIpc) is 2.82. The zero-order chi connectivity index (χ0) is 13.3. The molecule has 0 aliphatic rings. The van der Waals surface area contributed by atoms with Gasteiger partial charge in [0, 0.05) is 17.5 Å². The summed E-state index contributed by atoms with van der Waals surface area (Å²) in [4.78, 5) is 4.58. The number of nitrogens with zero attached hydrogens (tertiary/aromatic N) is 1. The van der Waals surface area contributed by atoms with E-state index in [0.717, 1.165) is 11.3 Å². The molecule has 0 amide bonds. The van der Waals surface area contributed by atoms with Crippen LogP contribution in [0.1, 0.15) is 30.7 Å². The van der Waals surface area contributed by atoms with Crippen molar-refractivity contribution in [2.45, 2.75) is 33.1 Å².